The van der Waals surface area contributed by atoms with Crippen LogP contribution in [0.25, 0.3) is 0 Å². The topological polar surface area (TPSA) is 69.8 Å². The van der Waals surface area contributed by atoms with Crippen molar-refractivity contribution >= 4 is 17.5 Å². The zero-order valence-electron chi connectivity index (χ0n) is 13.5. The lowest BCUT2D eigenvalue weighted by Crippen LogP contribution is -2.49. The maximum Gasteiger partial charge on any atom is 0.292 e. The number of aryl methyl sites for hydroxylation is 1. The van der Waals surface area contributed by atoms with Crippen molar-refractivity contribution in [3.63, 3.8) is 0 Å². The van der Waals surface area contributed by atoms with E-state index in [1.165, 1.54) is 0 Å². The number of amides is 1. The standard InChI is InChI=1S/C17H20ClN3O3/c1-12-10-16(24-19-12)17(23)21-8-6-20(7-9-21)11-15(22)13-2-4-14(18)5-3-13/h2-5,10,15,22H,6-9,11H2,1H3. The van der Waals surface area contributed by atoms with E-state index in [4.69, 9.17) is 16.1 Å². The summed E-state index contributed by atoms with van der Waals surface area (Å²) < 4.78 is 5.03. The third-order valence-corrected chi connectivity index (χ3v) is 4.44. The fourth-order valence-corrected chi connectivity index (χ4v) is 2.91. The van der Waals surface area contributed by atoms with Gasteiger partial charge in [-0.25, -0.2) is 0 Å². The molecule has 1 amide bonds. The largest absolute Gasteiger partial charge is 0.387 e. The molecule has 7 heteroatoms. The molecule has 0 saturated carbocycles. The predicted octanol–water partition coefficient (Wildman–Crippen LogP) is 2.13. The van der Waals surface area contributed by atoms with E-state index in [2.05, 4.69) is 10.1 Å². The minimum atomic E-state index is -0.568. The summed E-state index contributed by atoms with van der Waals surface area (Å²) in [6, 6.07) is 8.86. The van der Waals surface area contributed by atoms with Gasteiger partial charge in [0.05, 0.1) is 11.8 Å². The summed E-state index contributed by atoms with van der Waals surface area (Å²) in [6.07, 6.45) is -0.568. The molecule has 24 heavy (non-hydrogen) atoms. The van der Waals surface area contributed by atoms with Gasteiger partial charge in [-0.2, -0.15) is 0 Å². The van der Waals surface area contributed by atoms with Crippen molar-refractivity contribution in [1.82, 2.24) is 15.0 Å². The highest BCUT2D eigenvalue weighted by Crippen LogP contribution is 2.18. The number of aliphatic hydroxyl groups excluding tert-OH is 1. The minimum absolute atomic E-state index is 0.131. The molecular weight excluding hydrogens is 330 g/mol. The first-order chi connectivity index (χ1) is 11.5. The molecule has 1 unspecified atom stereocenters. The van der Waals surface area contributed by atoms with Gasteiger partial charge in [0.2, 0.25) is 5.76 Å². The fourth-order valence-electron chi connectivity index (χ4n) is 2.79. The van der Waals surface area contributed by atoms with E-state index < -0.39 is 6.10 Å². The SMILES string of the molecule is Cc1cc(C(=O)N2CCN(CC(O)c3ccc(Cl)cc3)CC2)on1. The Balaban J connectivity index is 1.51. The highest BCUT2D eigenvalue weighted by Gasteiger charge is 2.25. The van der Waals surface area contributed by atoms with Crippen molar-refractivity contribution in [3.8, 4) is 0 Å². The molecule has 1 N–H and O–H groups in total. The van der Waals surface area contributed by atoms with Gasteiger partial charge in [0.15, 0.2) is 0 Å². The van der Waals surface area contributed by atoms with Crippen LogP contribution in [0.3, 0.4) is 0 Å². The quantitative estimate of drug-likeness (QED) is 0.915. The number of piperazine rings is 1. The van der Waals surface area contributed by atoms with Crippen molar-refractivity contribution in [3.05, 3.63) is 52.4 Å². The smallest absolute Gasteiger partial charge is 0.292 e. The van der Waals surface area contributed by atoms with Crippen LogP contribution in [-0.4, -0.2) is 58.7 Å². The van der Waals surface area contributed by atoms with Crippen LogP contribution in [0, 0.1) is 6.92 Å². The van der Waals surface area contributed by atoms with Crippen molar-refractivity contribution in [2.45, 2.75) is 13.0 Å². The second-order valence-electron chi connectivity index (χ2n) is 5.99. The van der Waals surface area contributed by atoms with E-state index >= 15 is 0 Å². The van der Waals surface area contributed by atoms with Crippen molar-refractivity contribution in [2.75, 3.05) is 32.7 Å². The molecule has 0 bridgehead atoms. The summed E-state index contributed by atoms with van der Waals surface area (Å²) in [5.41, 5.74) is 1.54. The minimum Gasteiger partial charge on any atom is -0.387 e. The number of hydrogen-bond donors (Lipinski definition) is 1. The van der Waals surface area contributed by atoms with Gasteiger partial charge in [0.25, 0.3) is 5.91 Å². The number of rotatable bonds is 4. The van der Waals surface area contributed by atoms with Gasteiger partial charge < -0.3 is 14.5 Å². The van der Waals surface area contributed by atoms with E-state index in [-0.39, 0.29) is 11.7 Å². The van der Waals surface area contributed by atoms with E-state index in [1.54, 1.807) is 30.0 Å². The van der Waals surface area contributed by atoms with Gasteiger partial charge in [-0.3, -0.25) is 9.69 Å². The van der Waals surface area contributed by atoms with E-state index in [1.807, 2.05) is 12.1 Å². The molecule has 0 spiro atoms. The molecule has 2 aromatic rings. The molecule has 1 aliphatic rings. The van der Waals surface area contributed by atoms with Gasteiger partial charge >= 0.3 is 0 Å². The Hall–Kier alpha value is -1.89. The van der Waals surface area contributed by atoms with Crippen LogP contribution in [-0.2, 0) is 0 Å². The molecule has 1 aromatic heterocycles. The van der Waals surface area contributed by atoms with Crippen molar-refractivity contribution < 1.29 is 14.4 Å². The van der Waals surface area contributed by atoms with Crippen LogP contribution in [0.5, 0.6) is 0 Å². The number of aromatic nitrogens is 1. The van der Waals surface area contributed by atoms with Crippen molar-refractivity contribution in [1.29, 1.82) is 0 Å². The number of aliphatic hydroxyl groups is 1. The molecule has 3 rings (SSSR count). The molecule has 0 radical (unpaired) electrons. The van der Waals surface area contributed by atoms with Crippen LogP contribution in [0.15, 0.2) is 34.9 Å². The molecular formula is C17H20ClN3O3. The summed E-state index contributed by atoms with van der Waals surface area (Å²) in [5.74, 6) is 0.149. The normalized spacial score (nSPS) is 17.0. The summed E-state index contributed by atoms with van der Waals surface area (Å²) in [5, 5.41) is 14.7. The second-order valence-corrected chi connectivity index (χ2v) is 6.43. The number of carbonyl (C=O) groups is 1. The monoisotopic (exact) mass is 349 g/mol. The lowest BCUT2D eigenvalue weighted by molar-refractivity contribution is 0.0496. The summed E-state index contributed by atoms with van der Waals surface area (Å²) in [4.78, 5) is 16.2. The lowest BCUT2D eigenvalue weighted by atomic mass is 10.1. The Morgan fingerprint density at radius 1 is 1.29 bits per heavy atom. The number of β-amino-alcohol motifs (C(OH)–C–C–N with tert-alkyl or cyclic N) is 1. The van der Waals surface area contributed by atoms with Gasteiger partial charge in [0.1, 0.15) is 0 Å². The van der Waals surface area contributed by atoms with E-state index in [0.29, 0.717) is 43.4 Å². The Labute approximate surface area is 145 Å². The Kier molecular flexibility index (Phi) is 5.18. The van der Waals surface area contributed by atoms with Crippen LogP contribution >= 0.6 is 11.6 Å². The first-order valence-corrected chi connectivity index (χ1v) is 8.29. The molecule has 1 aliphatic heterocycles. The van der Waals surface area contributed by atoms with E-state index in [9.17, 15) is 9.90 Å². The molecule has 1 fully saturated rings. The molecule has 2 heterocycles. The summed E-state index contributed by atoms with van der Waals surface area (Å²) in [6.45, 7) is 4.95. The van der Waals surface area contributed by atoms with Gasteiger partial charge in [-0.15, -0.1) is 0 Å². The van der Waals surface area contributed by atoms with E-state index in [0.717, 1.165) is 5.56 Å². The van der Waals surface area contributed by atoms with Gasteiger partial charge in [-0.1, -0.05) is 28.9 Å². The number of benzene rings is 1. The molecule has 128 valence electrons. The lowest BCUT2D eigenvalue weighted by Gasteiger charge is -2.35. The molecule has 6 nitrogen and oxygen atoms in total. The predicted molar refractivity (Wildman–Crippen MR) is 90.0 cm³/mol. The average molecular weight is 350 g/mol. The molecule has 0 aliphatic carbocycles. The summed E-state index contributed by atoms with van der Waals surface area (Å²) in [7, 11) is 0. The highest BCUT2D eigenvalue weighted by atomic mass is 35.5. The zero-order chi connectivity index (χ0) is 17.1. The average Bonchev–Trinajstić information content (AvgIpc) is 3.02. The second kappa shape index (κ2) is 7.34. The zero-order valence-corrected chi connectivity index (χ0v) is 14.2. The number of nitrogens with zero attached hydrogens (tertiary/aromatic N) is 3. The Morgan fingerprint density at radius 3 is 2.54 bits per heavy atom. The van der Waals surface area contributed by atoms with Crippen LogP contribution in [0.2, 0.25) is 5.02 Å². The third kappa shape index (κ3) is 3.95. The first kappa shape index (κ1) is 17.0. The van der Waals surface area contributed by atoms with Gasteiger partial charge in [0, 0.05) is 43.8 Å². The molecule has 1 saturated heterocycles. The Morgan fingerprint density at radius 2 is 1.96 bits per heavy atom. The fraction of sp³-hybridized carbons (Fsp3) is 0.412. The third-order valence-electron chi connectivity index (χ3n) is 4.18. The first-order valence-electron chi connectivity index (χ1n) is 7.91. The number of carbonyl (C=O) groups excluding carboxylic acids is 1. The van der Waals surface area contributed by atoms with Crippen LogP contribution in [0.1, 0.15) is 27.9 Å². The van der Waals surface area contributed by atoms with Crippen LogP contribution < -0.4 is 0 Å². The number of halogens is 1. The molecule has 1 aromatic carbocycles. The maximum atomic E-state index is 12.3. The highest BCUT2D eigenvalue weighted by molar-refractivity contribution is 6.30. The van der Waals surface area contributed by atoms with Crippen LogP contribution in [0.4, 0.5) is 0 Å². The Bertz CT molecular complexity index is 693. The maximum absolute atomic E-state index is 12.3. The van der Waals surface area contributed by atoms with Crippen molar-refractivity contribution in [2.24, 2.45) is 0 Å². The number of hydrogen-bond acceptors (Lipinski definition) is 5. The summed E-state index contributed by atoms with van der Waals surface area (Å²) >= 11 is 5.86. The van der Waals surface area contributed by atoms with Gasteiger partial charge in [-0.05, 0) is 24.6 Å². The molecule has 1 atom stereocenters.